The van der Waals surface area contributed by atoms with E-state index in [1.807, 2.05) is 0 Å². The number of aryl methyl sites for hydroxylation is 1. The van der Waals surface area contributed by atoms with Crippen LogP contribution in [-0.4, -0.2) is 28.2 Å². The van der Waals surface area contributed by atoms with Gasteiger partial charge in [0.25, 0.3) is 5.56 Å². The zero-order valence-corrected chi connectivity index (χ0v) is 8.21. The zero-order valence-electron chi connectivity index (χ0n) is 8.21. The lowest BCUT2D eigenvalue weighted by atomic mass is 10.2. The summed E-state index contributed by atoms with van der Waals surface area (Å²) >= 11 is 0. The number of hydrogen-bond acceptors (Lipinski definition) is 4. The Hall–Kier alpha value is -1.20. The summed E-state index contributed by atoms with van der Waals surface area (Å²) < 4.78 is 0. The summed E-state index contributed by atoms with van der Waals surface area (Å²) in [5.41, 5.74) is 6.41. The van der Waals surface area contributed by atoms with Gasteiger partial charge in [-0.05, 0) is 13.5 Å². The van der Waals surface area contributed by atoms with Gasteiger partial charge in [-0.2, -0.15) is 0 Å². The van der Waals surface area contributed by atoms with Gasteiger partial charge in [-0.15, -0.1) is 0 Å². The third kappa shape index (κ3) is 2.40. The average molecular weight is 197 g/mol. The van der Waals surface area contributed by atoms with Gasteiger partial charge in [0.1, 0.15) is 5.82 Å². The first-order valence-corrected chi connectivity index (χ1v) is 4.58. The van der Waals surface area contributed by atoms with Gasteiger partial charge in [0, 0.05) is 30.7 Å². The highest BCUT2D eigenvalue weighted by atomic mass is 16.3. The van der Waals surface area contributed by atoms with Crippen molar-refractivity contribution in [2.75, 3.05) is 13.2 Å². The molecular weight excluding hydrogens is 182 g/mol. The lowest BCUT2D eigenvalue weighted by Crippen LogP contribution is -2.21. The number of rotatable bonds is 4. The molecule has 0 saturated carbocycles. The maximum absolute atomic E-state index is 11.5. The lowest BCUT2D eigenvalue weighted by molar-refractivity contribution is 0.298. The van der Waals surface area contributed by atoms with Crippen LogP contribution in [0.2, 0.25) is 0 Å². The molecule has 1 aromatic rings. The Morgan fingerprint density at radius 3 is 2.71 bits per heavy atom. The third-order valence-electron chi connectivity index (χ3n) is 2.01. The Balaban J connectivity index is 3.05. The highest BCUT2D eigenvalue weighted by Crippen LogP contribution is 1.99. The van der Waals surface area contributed by atoms with E-state index < -0.39 is 0 Å². The SMILES string of the molecule is Cc1nc(CCN)[nH]c(=O)c1CCO. The van der Waals surface area contributed by atoms with E-state index in [-0.39, 0.29) is 12.2 Å². The van der Waals surface area contributed by atoms with Crippen LogP contribution >= 0.6 is 0 Å². The molecule has 0 bridgehead atoms. The molecule has 0 aromatic carbocycles. The fourth-order valence-corrected chi connectivity index (χ4v) is 1.33. The molecular formula is C9H15N3O2. The van der Waals surface area contributed by atoms with E-state index >= 15 is 0 Å². The van der Waals surface area contributed by atoms with Crippen molar-refractivity contribution in [3.63, 3.8) is 0 Å². The van der Waals surface area contributed by atoms with Gasteiger partial charge in [-0.1, -0.05) is 0 Å². The number of aliphatic hydroxyl groups excluding tert-OH is 1. The molecule has 0 atom stereocenters. The first-order chi connectivity index (χ1) is 6.69. The van der Waals surface area contributed by atoms with Crippen LogP contribution in [0.1, 0.15) is 17.1 Å². The maximum atomic E-state index is 11.5. The molecule has 0 aliphatic rings. The molecule has 1 rings (SSSR count). The van der Waals surface area contributed by atoms with Crippen molar-refractivity contribution >= 4 is 0 Å². The minimum atomic E-state index is -0.171. The van der Waals surface area contributed by atoms with E-state index in [2.05, 4.69) is 9.97 Å². The number of nitrogens with zero attached hydrogens (tertiary/aromatic N) is 1. The first kappa shape index (κ1) is 10.9. The van der Waals surface area contributed by atoms with Crippen LogP contribution in [0.4, 0.5) is 0 Å². The molecule has 0 aliphatic heterocycles. The Kier molecular flexibility index (Phi) is 3.79. The van der Waals surface area contributed by atoms with Crippen LogP contribution in [0.15, 0.2) is 4.79 Å². The smallest absolute Gasteiger partial charge is 0.254 e. The van der Waals surface area contributed by atoms with Gasteiger partial charge in [0.05, 0.1) is 0 Å². The van der Waals surface area contributed by atoms with Crippen molar-refractivity contribution in [1.82, 2.24) is 9.97 Å². The minimum Gasteiger partial charge on any atom is -0.396 e. The quantitative estimate of drug-likeness (QED) is 0.584. The molecule has 4 N–H and O–H groups in total. The van der Waals surface area contributed by atoms with Crippen LogP contribution in [0.5, 0.6) is 0 Å². The van der Waals surface area contributed by atoms with Gasteiger partial charge in [-0.25, -0.2) is 4.98 Å². The van der Waals surface area contributed by atoms with E-state index in [1.54, 1.807) is 6.92 Å². The Morgan fingerprint density at radius 2 is 2.21 bits per heavy atom. The molecule has 78 valence electrons. The second-order valence-corrected chi connectivity index (χ2v) is 3.09. The molecule has 14 heavy (non-hydrogen) atoms. The van der Waals surface area contributed by atoms with Crippen molar-refractivity contribution in [3.8, 4) is 0 Å². The lowest BCUT2D eigenvalue weighted by Gasteiger charge is -2.04. The molecule has 0 aliphatic carbocycles. The summed E-state index contributed by atoms with van der Waals surface area (Å²) in [6.45, 7) is 2.18. The van der Waals surface area contributed by atoms with Crippen LogP contribution in [-0.2, 0) is 12.8 Å². The van der Waals surface area contributed by atoms with Crippen molar-refractivity contribution in [1.29, 1.82) is 0 Å². The first-order valence-electron chi connectivity index (χ1n) is 4.58. The van der Waals surface area contributed by atoms with Crippen LogP contribution < -0.4 is 11.3 Å². The predicted molar refractivity (Wildman–Crippen MR) is 53.1 cm³/mol. The normalized spacial score (nSPS) is 10.5. The number of H-pyrrole nitrogens is 1. The molecule has 0 unspecified atom stereocenters. The Labute approximate surface area is 82.0 Å². The van der Waals surface area contributed by atoms with E-state index in [1.165, 1.54) is 0 Å². The van der Waals surface area contributed by atoms with Gasteiger partial charge >= 0.3 is 0 Å². The summed E-state index contributed by atoms with van der Waals surface area (Å²) in [5, 5.41) is 8.74. The molecule has 0 radical (unpaired) electrons. The fourth-order valence-electron chi connectivity index (χ4n) is 1.33. The molecule has 1 aromatic heterocycles. The summed E-state index contributed by atoms with van der Waals surface area (Å²) in [7, 11) is 0. The zero-order chi connectivity index (χ0) is 10.6. The summed E-state index contributed by atoms with van der Waals surface area (Å²) in [6, 6.07) is 0. The Bertz CT molecular complexity index is 360. The number of hydrogen-bond donors (Lipinski definition) is 3. The summed E-state index contributed by atoms with van der Waals surface area (Å²) in [6.07, 6.45) is 0.909. The highest BCUT2D eigenvalue weighted by molar-refractivity contribution is 5.16. The molecule has 5 nitrogen and oxygen atoms in total. The van der Waals surface area contributed by atoms with Gasteiger partial charge in [-0.3, -0.25) is 4.79 Å². The summed E-state index contributed by atoms with van der Waals surface area (Å²) in [5.74, 6) is 0.608. The standard InChI is InChI=1S/C9H15N3O2/c1-6-7(3-5-13)9(14)12-8(11-6)2-4-10/h13H,2-5,10H2,1H3,(H,11,12,14). The van der Waals surface area contributed by atoms with E-state index in [0.29, 0.717) is 36.5 Å². The monoisotopic (exact) mass is 197 g/mol. The molecule has 5 heteroatoms. The van der Waals surface area contributed by atoms with E-state index in [9.17, 15) is 4.79 Å². The largest absolute Gasteiger partial charge is 0.396 e. The van der Waals surface area contributed by atoms with E-state index in [4.69, 9.17) is 10.8 Å². The van der Waals surface area contributed by atoms with Crippen molar-refractivity contribution < 1.29 is 5.11 Å². The second-order valence-electron chi connectivity index (χ2n) is 3.09. The predicted octanol–water partition coefficient (Wildman–Crippen LogP) is -0.886. The van der Waals surface area contributed by atoms with Crippen molar-refractivity contribution in [2.45, 2.75) is 19.8 Å². The molecule has 0 spiro atoms. The van der Waals surface area contributed by atoms with Crippen molar-refractivity contribution in [2.24, 2.45) is 5.73 Å². The minimum absolute atomic E-state index is 0.0398. The van der Waals surface area contributed by atoms with Crippen LogP contribution in [0.3, 0.4) is 0 Å². The third-order valence-corrected chi connectivity index (χ3v) is 2.01. The average Bonchev–Trinajstić information content (AvgIpc) is 2.12. The number of aromatic amines is 1. The van der Waals surface area contributed by atoms with Crippen LogP contribution in [0, 0.1) is 6.92 Å². The van der Waals surface area contributed by atoms with Crippen LogP contribution in [0.25, 0.3) is 0 Å². The van der Waals surface area contributed by atoms with Crippen molar-refractivity contribution in [3.05, 3.63) is 27.4 Å². The van der Waals surface area contributed by atoms with E-state index in [0.717, 1.165) is 0 Å². The van der Waals surface area contributed by atoms with Gasteiger partial charge in [0.15, 0.2) is 0 Å². The number of nitrogens with two attached hydrogens (primary N) is 1. The number of aliphatic hydroxyl groups is 1. The summed E-state index contributed by atoms with van der Waals surface area (Å²) in [4.78, 5) is 18.3. The van der Waals surface area contributed by atoms with Gasteiger partial charge in [0.2, 0.25) is 0 Å². The van der Waals surface area contributed by atoms with Gasteiger partial charge < -0.3 is 15.8 Å². The molecule has 0 saturated heterocycles. The fraction of sp³-hybridized carbons (Fsp3) is 0.556. The maximum Gasteiger partial charge on any atom is 0.254 e. The second kappa shape index (κ2) is 4.88. The molecule has 1 heterocycles. The Morgan fingerprint density at radius 1 is 1.50 bits per heavy atom. The topological polar surface area (TPSA) is 92.0 Å². The highest BCUT2D eigenvalue weighted by Gasteiger charge is 2.06. The molecule has 0 fully saturated rings. The molecule has 0 amide bonds. The number of aromatic nitrogens is 2. The number of nitrogens with one attached hydrogen (secondary N) is 1.